The molecule has 0 bridgehead atoms. The van der Waals surface area contributed by atoms with Gasteiger partial charge >= 0.3 is 0 Å². The normalized spacial score (nSPS) is 19.4. The molecule has 2 aliphatic rings. The van der Waals surface area contributed by atoms with Crippen molar-refractivity contribution < 1.29 is 13.9 Å². The Hall–Kier alpha value is -2.92. The molecule has 170 valence electrons. The molecule has 2 atom stereocenters. The molecular formula is C24H31N5O3. The van der Waals surface area contributed by atoms with E-state index in [4.69, 9.17) is 14.1 Å². The van der Waals surface area contributed by atoms with E-state index in [-0.39, 0.29) is 11.9 Å². The number of piperazine rings is 1. The van der Waals surface area contributed by atoms with E-state index in [1.165, 1.54) is 12.7 Å². The molecule has 1 fully saturated rings. The van der Waals surface area contributed by atoms with Gasteiger partial charge in [0, 0.05) is 31.2 Å². The highest BCUT2D eigenvalue weighted by Crippen LogP contribution is 2.35. The number of oxazole rings is 1. The Morgan fingerprint density at radius 3 is 2.91 bits per heavy atom. The summed E-state index contributed by atoms with van der Waals surface area (Å²) in [5.41, 5.74) is 4.25. The molecule has 0 aliphatic carbocycles. The first-order chi connectivity index (χ1) is 15.5. The Morgan fingerprint density at radius 1 is 1.38 bits per heavy atom. The third-order valence-corrected chi connectivity index (χ3v) is 6.58. The Kier molecular flexibility index (Phi) is 6.75. The monoisotopic (exact) mass is 437 g/mol. The third kappa shape index (κ3) is 4.22. The van der Waals surface area contributed by atoms with E-state index in [0.29, 0.717) is 50.0 Å². The second-order valence-corrected chi connectivity index (χ2v) is 8.78. The van der Waals surface area contributed by atoms with Crippen LogP contribution in [0, 0.1) is 11.3 Å². The number of nitrogens with zero attached hydrogens (tertiary/aromatic N) is 5. The van der Waals surface area contributed by atoms with Crippen molar-refractivity contribution >= 4 is 11.7 Å². The Bertz CT molecular complexity index is 998. The average Bonchev–Trinajstić information content (AvgIpc) is 3.36. The smallest absolute Gasteiger partial charge is 0.276 e. The number of nitriles is 1. The molecule has 1 saturated heterocycles. The molecule has 0 radical (unpaired) electrons. The maximum atomic E-state index is 12.8. The number of ether oxygens (including phenoxy) is 1. The molecule has 2 aromatic heterocycles. The van der Waals surface area contributed by atoms with Crippen molar-refractivity contribution in [3.8, 4) is 6.07 Å². The Morgan fingerprint density at radius 2 is 2.22 bits per heavy atom. The fourth-order valence-electron chi connectivity index (χ4n) is 4.78. The van der Waals surface area contributed by atoms with Crippen LogP contribution in [0.25, 0.3) is 0 Å². The molecule has 32 heavy (non-hydrogen) atoms. The number of anilines is 1. The van der Waals surface area contributed by atoms with Gasteiger partial charge in [0.1, 0.15) is 18.2 Å². The number of fused-ring (bicyclic) bond motifs is 1. The fourth-order valence-corrected chi connectivity index (χ4v) is 4.78. The van der Waals surface area contributed by atoms with Crippen molar-refractivity contribution in [3.05, 3.63) is 40.7 Å². The van der Waals surface area contributed by atoms with Crippen molar-refractivity contribution in [1.82, 2.24) is 14.9 Å². The van der Waals surface area contributed by atoms with E-state index in [9.17, 15) is 10.1 Å². The van der Waals surface area contributed by atoms with Gasteiger partial charge in [0.2, 0.25) is 0 Å². The number of hydrogen-bond acceptors (Lipinski definition) is 7. The number of unbranched alkanes of at least 4 members (excludes halogenated alkanes) is 1. The van der Waals surface area contributed by atoms with Gasteiger partial charge in [-0.3, -0.25) is 4.79 Å². The second-order valence-electron chi connectivity index (χ2n) is 8.78. The van der Waals surface area contributed by atoms with Crippen LogP contribution < -0.4 is 4.90 Å². The number of pyridine rings is 1. The van der Waals surface area contributed by atoms with Crippen LogP contribution >= 0.6 is 0 Å². The molecule has 0 spiro atoms. The first-order valence-corrected chi connectivity index (χ1v) is 11.5. The first-order valence-electron chi connectivity index (χ1n) is 11.5. The molecule has 1 unspecified atom stereocenters. The summed E-state index contributed by atoms with van der Waals surface area (Å²) in [6.45, 7) is 9.37. The molecule has 2 aromatic rings. The average molecular weight is 438 g/mol. The van der Waals surface area contributed by atoms with Crippen LogP contribution in [0.15, 0.2) is 17.1 Å². The predicted octanol–water partition coefficient (Wildman–Crippen LogP) is 3.66. The molecule has 8 heteroatoms. The van der Waals surface area contributed by atoms with Crippen LogP contribution in [0.2, 0.25) is 0 Å². The summed E-state index contributed by atoms with van der Waals surface area (Å²) in [4.78, 5) is 25.8. The van der Waals surface area contributed by atoms with Crippen LogP contribution in [-0.2, 0) is 17.8 Å². The van der Waals surface area contributed by atoms with Gasteiger partial charge in [0.15, 0.2) is 12.1 Å². The van der Waals surface area contributed by atoms with Crippen LogP contribution in [0.5, 0.6) is 0 Å². The zero-order valence-corrected chi connectivity index (χ0v) is 19.1. The maximum Gasteiger partial charge on any atom is 0.276 e. The summed E-state index contributed by atoms with van der Waals surface area (Å²) < 4.78 is 10.7. The van der Waals surface area contributed by atoms with Crippen molar-refractivity contribution in [2.45, 2.75) is 65.0 Å². The first kappa shape index (κ1) is 22.3. The van der Waals surface area contributed by atoms with Gasteiger partial charge in [0.05, 0.1) is 24.5 Å². The lowest BCUT2D eigenvalue weighted by molar-refractivity contribution is 0.0667. The van der Waals surface area contributed by atoms with Crippen LogP contribution in [0.4, 0.5) is 5.82 Å². The summed E-state index contributed by atoms with van der Waals surface area (Å²) in [6.07, 6.45) is 6.75. The lowest BCUT2D eigenvalue weighted by atomic mass is 9.89. The highest BCUT2D eigenvalue weighted by Gasteiger charge is 2.33. The summed E-state index contributed by atoms with van der Waals surface area (Å²) in [7, 11) is 0. The van der Waals surface area contributed by atoms with Crippen LogP contribution in [0.3, 0.4) is 0 Å². The van der Waals surface area contributed by atoms with Gasteiger partial charge < -0.3 is 19.0 Å². The predicted molar refractivity (Wildman–Crippen MR) is 119 cm³/mol. The van der Waals surface area contributed by atoms with Gasteiger partial charge in [-0.15, -0.1) is 0 Å². The van der Waals surface area contributed by atoms with E-state index in [1.807, 2.05) is 11.8 Å². The summed E-state index contributed by atoms with van der Waals surface area (Å²) in [5, 5.41) is 10.1. The number of carbonyl (C=O) groups excluding carboxylic acids is 1. The summed E-state index contributed by atoms with van der Waals surface area (Å²) in [6, 6.07) is 2.40. The SMILES string of the molecule is CCCCC(C)c1nc(N2CCN(C(=O)c3cocn3)[C@H](C)C2)c(C#N)c2c1COCC2. The molecule has 8 nitrogen and oxygen atoms in total. The molecule has 4 rings (SSSR count). The highest BCUT2D eigenvalue weighted by molar-refractivity contribution is 5.92. The minimum Gasteiger partial charge on any atom is -0.451 e. The molecular weight excluding hydrogens is 406 g/mol. The Balaban J connectivity index is 1.64. The number of hydrogen-bond donors (Lipinski definition) is 0. The van der Waals surface area contributed by atoms with E-state index in [2.05, 4.69) is 29.8 Å². The van der Waals surface area contributed by atoms with Gasteiger partial charge in [-0.1, -0.05) is 26.7 Å². The molecule has 4 heterocycles. The van der Waals surface area contributed by atoms with Crippen molar-refractivity contribution in [3.63, 3.8) is 0 Å². The number of amides is 1. The van der Waals surface area contributed by atoms with E-state index >= 15 is 0 Å². The fraction of sp³-hybridized carbons (Fsp3) is 0.583. The maximum absolute atomic E-state index is 12.8. The van der Waals surface area contributed by atoms with Crippen molar-refractivity contribution in [1.29, 1.82) is 5.26 Å². The van der Waals surface area contributed by atoms with E-state index in [0.717, 1.165) is 48.3 Å². The molecule has 2 aliphatic heterocycles. The molecule has 0 N–H and O–H groups in total. The largest absolute Gasteiger partial charge is 0.451 e. The van der Waals surface area contributed by atoms with Crippen molar-refractivity contribution in [2.75, 3.05) is 31.1 Å². The number of carbonyl (C=O) groups is 1. The number of aromatic nitrogens is 2. The van der Waals surface area contributed by atoms with Crippen molar-refractivity contribution in [2.24, 2.45) is 0 Å². The quantitative estimate of drug-likeness (QED) is 0.680. The molecule has 1 amide bonds. The molecule has 0 aromatic carbocycles. The van der Waals surface area contributed by atoms with E-state index in [1.54, 1.807) is 0 Å². The van der Waals surface area contributed by atoms with Gasteiger partial charge in [-0.25, -0.2) is 9.97 Å². The second kappa shape index (κ2) is 9.70. The van der Waals surface area contributed by atoms with E-state index < -0.39 is 0 Å². The van der Waals surface area contributed by atoms with Gasteiger partial charge in [-0.2, -0.15) is 5.26 Å². The Labute approximate surface area is 189 Å². The number of rotatable bonds is 6. The topological polar surface area (TPSA) is 95.5 Å². The van der Waals surface area contributed by atoms with Gasteiger partial charge in [0.25, 0.3) is 5.91 Å². The lowest BCUT2D eigenvalue weighted by Crippen LogP contribution is -2.54. The minimum atomic E-state index is -0.129. The zero-order chi connectivity index (χ0) is 22.7. The van der Waals surface area contributed by atoms with Gasteiger partial charge in [-0.05, 0) is 31.2 Å². The standard InChI is InChI=1S/C24H31N5O3/c1-4-5-6-16(2)22-20-13-31-10-7-18(20)19(11-25)23(27-22)28-8-9-29(17(3)12-28)24(30)21-14-32-15-26-21/h14-17H,4-10,12-13H2,1-3H3/t16?,17-/m1/s1. The minimum absolute atomic E-state index is 0.0402. The van der Waals surface area contributed by atoms with Crippen LogP contribution in [0.1, 0.15) is 78.8 Å². The highest BCUT2D eigenvalue weighted by atomic mass is 16.5. The molecule has 0 saturated carbocycles. The zero-order valence-electron chi connectivity index (χ0n) is 19.1. The lowest BCUT2D eigenvalue weighted by Gasteiger charge is -2.41. The summed E-state index contributed by atoms with van der Waals surface area (Å²) in [5.74, 6) is 0.937. The third-order valence-electron chi connectivity index (χ3n) is 6.58. The van der Waals surface area contributed by atoms with Crippen LogP contribution in [-0.4, -0.2) is 53.1 Å². The summed E-state index contributed by atoms with van der Waals surface area (Å²) >= 11 is 0.